The van der Waals surface area contributed by atoms with Crippen LogP contribution in [0.3, 0.4) is 0 Å². The number of esters is 1. The normalized spacial score (nSPS) is 16.9. The lowest BCUT2D eigenvalue weighted by atomic mass is 9.99. The molecule has 0 bridgehead atoms. The van der Waals surface area contributed by atoms with Crippen molar-refractivity contribution in [3.63, 3.8) is 0 Å². The van der Waals surface area contributed by atoms with Gasteiger partial charge >= 0.3 is 5.97 Å². The number of anilines is 1. The van der Waals surface area contributed by atoms with Crippen molar-refractivity contribution in [2.24, 2.45) is 5.92 Å². The van der Waals surface area contributed by atoms with Gasteiger partial charge in [-0.05, 0) is 60.2 Å². The standard InChI is InChI=1S/C29H29NO6S/c1-4-14-35-22-8-5-7-20(16-22)26(31)24-25(23-9-6-15-37-23)30(28(33)27(24)32)21-12-10-19(11-13-21)29(34)36-17-18(2)3/h5-13,15-16,18,25,31H,4,14,17H2,1-3H3/b26-24-. The van der Waals surface area contributed by atoms with Crippen LogP contribution >= 0.6 is 11.3 Å². The van der Waals surface area contributed by atoms with Crippen molar-refractivity contribution >= 4 is 40.4 Å². The van der Waals surface area contributed by atoms with Gasteiger partial charge in [0.2, 0.25) is 0 Å². The number of ether oxygens (including phenoxy) is 2. The van der Waals surface area contributed by atoms with Gasteiger partial charge in [-0.3, -0.25) is 14.5 Å². The molecule has 0 radical (unpaired) electrons. The highest BCUT2D eigenvalue weighted by molar-refractivity contribution is 7.10. The Bertz CT molecular complexity index is 1310. The minimum Gasteiger partial charge on any atom is -0.507 e. The van der Waals surface area contributed by atoms with E-state index in [9.17, 15) is 19.5 Å². The van der Waals surface area contributed by atoms with E-state index < -0.39 is 23.7 Å². The molecule has 2 heterocycles. The molecule has 4 rings (SSSR count). The lowest BCUT2D eigenvalue weighted by molar-refractivity contribution is -0.132. The number of thiophene rings is 1. The van der Waals surface area contributed by atoms with Gasteiger partial charge in [-0.1, -0.05) is 39.0 Å². The summed E-state index contributed by atoms with van der Waals surface area (Å²) in [7, 11) is 0. The summed E-state index contributed by atoms with van der Waals surface area (Å²) in [6, 6.07) is 16.0. The van der Waals surface area contributed by atoms with Crippen molar-refractivity contribution in [2.45, 2.75) is 33.2 Å². The average Bonchev–Trinajstić information content (AvgIpc) is 3.52. The molecular formula is C29H29NO6S. The third-order valence-electron chi connectivity index (χ3n) is 5.77. The number of hydrogen-bond acceptors (Lipinski definition) is 7. The van der Waals surface area contributed by atoms with Crippen molar-refractivity contribution in [3.8, 4) is 5.75 Å². The number of ketones is 1. The maximum atomic E-state index is 13.3. The zero-order valence-electron chi connectivity index (χ0n) is 21.0. The Morgan fingerprint density at radius 2 is 1.81 bits per heavy atom. The van der Waals surface area contributed by atoms with E-state index in [1.165, 1.54) is 16.2 Å². The molecule has 1 aromatic heterocycles. The summed E-state index contributed by atoms with van der Waals surface area (Å²) in [5.41, 5.74) is 1.16. The number of hydrogen-bond donors (Lipinski definition) is 1. The first-order chi connectivity index (χ1) is 17.8. The molecule has 1 fully saturated rings. The maximum Gasteiger partial charge on any atom is 0.338 e. The lowest BCUT2D eigenvalue weighted by Gasteiger charge is -2.24. The number of rotatable bonds is 9. The predicted octanol–water partition coefficient (Wildman–Crippen LogP) is 5.98. The van der Waals surface area contributed by atoms with Gasteiger partial charge in [0, 0.05) is 16.1 Å². The number of carbonyl (C=O) groups excluding carboxylic acids is 3. The first-order valence-electron chi connectivity index (χ1n) is 12.2. The molecule has 3 aromatic rings. The summed E-state index contributed by atoms with van der Waals surface area (Å²) in [6.07, 6.45) is 0.827. The van der Waals surface area contributed by atoms with Crippen LogP contribution in [0.2, 0.25) is 0 Å². The molecule has 8 heteroatoms. The molecule has 0 aliphatic carbocycles. The summed E-state index contributed by atoms with van der Waals surface area (Å²) >= 11 is 1.38. The minimum absolute atomic E-state index is 0.000473. The van der Waals surface area contributed by atoms with E-state index in [0.717, 1.165) is 11.3 Å². The molecular weight excluding hydrogens is 490 g/mol. The molecule has 7 nitrogen and oxygen atoms in total. The second-order valence-corrected chi connectivity index (χ2v) is 10.1. The van der Waals surface area contributed by atoms with Gasteiger partial charge in [0.05, 0.1) is 24.4 Å². The topological polar surface area (TPSA) is 93.1 Å². The van der Waals surface area contributed by atoms with E-state index in [4.69, 9.17) is 9.47 Å². The quantitative estimate of drug-likeness (QED) is 0.162. The van der Waals surface area contributed by atoms with Gasteiger partial charge in [0.1, 0.15) is 17.6 Å². The van der Waals surface area contributed by atoms with Crippen LogP contribution in [0.25, 0.3) is 5.76 Å². The van der Waals surface area contributed by atoms with Crippen LogP contribution in [-0.4, -0.2) is 36.0 Å². The predicted molar refractivity (Wildman–Crippen MR) is 143 cm³/mol. The molecule has 37 heavy (non-hydrogen) atoms. The SMILES string of the molecule is CCCOc1cccc(/C(O)=C2/C(=O)C(=O)N(c3ccc(C(=O)OCC(C)C)cc3)C2c2cccs2)c1. The number of aliphatic hydroxyl groups is 1. The molecule has 1 atom stereocenters. The maximum absolute atomic E-state index is 13.3. The molecule has 192 valence electrons. The number of aliphatic hydroxyl groups excluding tert-OH is 1. The second kappa shape index (κ2) is 11.4. The summed E-state index contributed by atoms with van der Waals surface area (Å²) in [5, 5.41) is 13.1. The fraction of sp³-hybridized carbons (Fsp3) is 0.276. The Morgan fingerprint density at radius 1 is 1.05 bits per heavy atom. The van der Waals surface area contributed by atoms with Crippen LogP contribution < -0.4 is 9.64 Å². The molecule has 1 N–H and O–H groups in total. The number of benzene rings is 2. The Labute approximate surface area is 220 Å². The van der Waals surface area contributed by atoms with Gasteiger partial charge in [0.15, 0.2) is 0 Å². The Kier molecular flexibility index (Phi) is 8.08. The fourth-order valence-electron chi connectivity index (χ4n) is 4.01. The van der Waals surface area contributed by atoms with Gasteiger partial charge in [-0.25, -0.2) is 4.79 Å². The molecule has 1 aliphatic rings. The largest absolute Gasteiger partial charge is 0.507 e. The van der Waals surface area contributed by atoms with E-state index in [1.807, 2.05) is 38.3 Å². The van der Waals surface area contributed by atoms with Crippen molar-refractivity contribution in [1.29, 1.82) is 0 Å². The molecule has 0 saturated carbocycles. The summed E-state index contributed by atoms with van der Waals surface area (Å²) in [5.74, 6) is -1.49. The Balaban J connectivity index is 1.73. The monoisotopic (exact) mass is 519 g/mol. The second-order valence-electron chi connectivity index (χ2n) is 9.10. The molecule has 1 unspecified atom stereocenters. The fourth-order valence-corrected chi connectivity index (χ4v) is 4.83. The van der Waals surface area contributed by atoms with Gasteiger partial charge in [0.25, 0.3) is 11.7 Å². The Morgan fingerprint density at radius 3 is 2.46 bits per heavy atom. The summed E-state index contributed by atoms with van der Waals surface area (Å²) in [6.45, 7) is 6.72. The van der Waals surface area contributed by atoms with Crippen molar-refractivity contribution < 1.29 is 29.0 Å². The molecule has 2 aromatic carbocycles. The summed E-state index contributed by atoms with van der Waals surface area (Å²) in [4.78, 5) is 41.0. The van der Waals surface area contributed by atoms with Crippen molar-refractivity contribution in [3.05, 3.63) is 87.6 Å². The van der Waals surface area contributed by atoms with Crippen LogP contribution in [0.4, 0.5) is 5.69 Å². The van der Waals surface area contributed by atoms with Crippen molar-refractivity contribution in [1.82, 2.24) is 0 Å². The number of amides is 1. The van der Waals surface area contributed by atoms with Gasteiger partial charge in [-0.2, -0.15) is 0 Å². The van der Waals surface area contributed by atoms with Crippen LogP contribution in [0.15, 0.2) is 71.6 Å². The van der Waals surface area contributed by atoms with E-state index in [2.05, 4.69) is 0 Å². The first kappa shape index (κ1) is 26.2. The van der Waals surface area contributed by atoms with Crippen LogP contribution in [0, 0.1) is 5.92 Å². The molecule has 0 spiro atoms. The van der Waals surface area contributed by atoms with E-state index in [1.54, 1.807) is 48.5 Å². The highest BCUT2D eigenvalue weighted by atomic mass is 32.1. The van der Waals surface area contributed by atoms with Crippen LogP contribution in [0.5, 0.6) is 5.75 Å². The smallest absolute Gasteiger partial charge is 0.338 e. The zero-order chi connectivity index (χ0) is 26.5. The van der Waals surface area contributed by atoms with Crippen LogP contribution in [-0.2, 0) is 14.3 Å². The first-order valence-corrected chi connectivity index (χ1v) is 13.0. The molecule has 1 saturated heterocycles. The number of carbonyl (C=O) groups is 3. The lowest BCUT2D eigenvalue weighted by Crippen LogP contribution is -2.29. The third-order valence-corrected chi connectivity index (χ3v) is 6.69. The zero-order valence-corrected chi connectivity index (χ0v) is 21.8. The van der Waals surface area contributed by atoms with E-state index in [-0.39, 0.29) is 17.3 Å². The van der Waals surface area contributed by atoms with Gasteiger partial charge in [-0.15, -0.1) is 11.3 Å². The van der Waals surface area contributed by atoms with E-state index in [0.29, 0.717) is 35.8 Å². The summed E-state index contributed by atoms with van der Waals surface area (Å²) < 4.78 is 11.0. The number of Topliss-reactive ketones (excluding diaryl/α,β-unsaturated/α-hetero) is 1. The minimum atomic E-state index is -0.820. The van der Waals surface area contributed by atoms with Gasteiger partial charge < -0.3 is 14.6 Å². The highest BCUT2D eigenvalue weighted by Gasteiger charge is 2.47. The van der Waals surface area contributed by atoms with E-state index >= 15 is 0 Å². The molecule has 1 amide bonds. The van der Waals surface area contributed by atoms with Crippen molar-refractivity contribution in [2.75, 3.05) is 18.1 Å². The highest BCUT2D eigenvalue weighted by Crippen LogP contribution is 2.43. The number of nitrogens with zero attached hydrogens (tertiary/aromatic N) is 1. The Hall–Kier alpha value is -3.91. The van der Waals surface area contributed by atoms with Crippen LogP contribution in [0.1, 0.15) is 54.0 Å². The average molecular weight is 520 g/mol. The third kappa shape index (κ3) is 5.59. The molecule has 1 aliphatic heterocycles.